The maximum absolute atomic E-state index is 13.0. The fraction of sp³-hybridized carbons (Fsp3) is 0.435. The third-order valence-electron chi connectivity index (χ3n) is 5.94. The van der Waals surface area contributed by atoms with Crippen LogP contribution in [0.1, 0.15) is 54.3 Å². The van der Waals surface area contributed by atoms with Crippen LogP contribution < -0.4 is 5.32 Å². The fourth-order valence-electron chi connectivity index (χ4n) is 4.15. The first kappa shape index (κ1) is 22.0. The Kier molecular flexibility index (Phi) is 6.39. The van der Waals surface area contributed by atoms with Gasteiger partial charge in [0.1, 0.15) is 23.5 Å². The second kappa shape index (κ2) is 9.58. The molecule has 1 saturated heterocycles. The molecule has 10 heteroatoms. The average molecular weight is 465 g/mol. The van der Waals surface area contributed by atoms with E-state index >= 15 is 0 Å². The van der Waals surface area contributed by atoms with Crippen molar-refractivity contribution < 1.29 is 4.79 Å². The lowest BCUT2D eigenvalue weighted by atomic mass is 10.0. The van der Waals surface area contributed by atoms with E-state index in [0.717, 1.165) is 32.6 Å². The second-order valence-electron chi connectivity index (χ2n) is 8.69. The highest BCUT2D eigenvalue weighted by Gasteiger charge is 2.23. The summed E-state index contributed by atoms with van der Waals surface area (Å²) in [5.74, 6) is 0.863. The van der Waals surface area contributed by atoms with Crippen LogP contribution in [0.15, 0.2) is 36.8 Å². The van der Waals surface area contributed by atoms with Crippen LogP contribution in [-0.2, 0) is 13.0 Å². The predicted octanol–water partition coefficient (Wildman–Crippen LogP) is 3.59. The summed E-state index contributed by atoms with van der Waals surface area (Å²) >= 11 is 1.83. The highest BCUT2D eigenvalue weighted by Crippen LogP contribution is 2.29. The number of fused-ring (bicyclic) bond motifs is 1. The number of amides is 1. The summed E-state index contributed by atoms with van der Waals surface area (Å²) in [6.45, 7) is 8.24. The monoisotopic (exact) mass is 464 g/mol. The highest BCUT2D eigenvalue weighted by molar-refractivity contribution is 7.94. The summed E-state index contributed by atoms with van der Waals surface area (Å²) < 4.78 is 6.76. The molecule has 0 radical (unpaired) electrons. The first-order valence-corrected chi connectivity index (χ1v) is 12.1. The van der Waals surface area contributed by atoms with E-state index in [4.69, 9.17) is 0 Å². The van der Waals surface area contributed by atoms with Gasteiger partial charge in [-0.1, -0.05) is 6.07 Å². The van der Waals surface area contributed by atoms with Gasteiger partial charge >= 0.3 is 0 Å². The lowest BCUT2D eigenvalue weighted by Crippen LogP contribution is -2.29. The molecule has 0 saturated carbocycles. The molecule has 5 rings (SSSR count). The van der Waals surface area contributed by atoms with Crippen molar-refractivity contribution in [2.45, 2.75) is 45.7 Å². The van der Waals surface area contributed by atoms with Crippen LogP contribution in [0.4, 0.5) is 5.82 Å². The van der Waals surface area contributed by atoms with E-state index in [9.17, 15) is 4.79 Å². The van der Waals surface area contributed by atoms with E-state index in [2.05, 4.69) is 47.9 Å². The molecule has 0 unspecified atom stereocenters. The molecule has 5 heterocycles. The molecule has 3 aromatic heterocycles. The molecule has 0 bridgehead atoms. The van der Waals surface area contributed by atoms with Crippen LogP contribution in [0.25, 0.3) is 11.5 Å². The van der Waals surface area contributed by atoms with Crippen LogP contribution in [-0.4, -0.2) is 58.9 Å². The van der Waals surface area contributed by atoms with Crippen molar-refractivity contribution in [1.29, 1.82) is 0 Å². The van der Waals surface area contributed by atoms with E-state index in [-0.39, 0.29) is 11.9 Å². The number of carbonyl (C=O) groups excluding carboxylic acids is 1. The van der Waals surface area contributed by atoms with E-state index in [1.54, 1.807) is 12.4 Å². The summed E-state index contributed by atoms with van der Waals surface area (Å²) in [5.41, 5.74) is 3.45. The summed E-state index contributed by atoms with van der Waals surface area (Å²) in [4.78, 5) is 22.0. The molecular weight excluding hydrogens is 436 g/mol. The minimum atomic E-state index is -0.267. The predicted molar refractivity (Wildman–Crippen MR) is 128 cm³/mol. The lowest BCUT2D eigenvalue weighted by molar-refractivity contribution is 0.102. The Morgan fingerprint density at radius 3 is 2.79 bits per heavy atom. The van der Waals surface area contributed by atoms with Crippen LogP contribution in [0.5, 0.6) is 0 Å². The van der Waals surface area contributed by atoms with Crippen LogP contribution >= 0.6 is 12.1 Å². The molecule has 3 aromatic rings. The normalized spacial score (nSPS) is 16.8. The molecule has 0 atom stereocenters. The quantitative estimate of drug-likeness (QED) is 0.554. The van der Waals surface area contributed by atoms with Crippen molar-refractivity contribution in [2.75, 3.05) is 25.0 Å². The zero-order valence-corrected chi connectivity index (χ0v) is 19.8. The largest absolute Gasteiger partial charge is 0.310 e. The maximum Gasteiger partial charge on any atom is 0.275 e. The summed E-state index contributed by atoms with van der Waals surface area (Å²) in [7, 11) is 0. The lowest BCUT2D eigenvalue weighted by Gasteiger charge is -2.30. The van der Waals surface area contributed by atoms with Crippen molar-refractivity contribution in [3.63, 3.8) is 0 Å². The minimum Gasteiger partial charge on any atom is -0.310 e. The van der Waals surface area contributed by atoms with Gasteiger partial charge in [-0.25, -0.2) is 13.6 Å². The van der Waals surface area contributed by atoms with Gasteiger partial charge in [0.25, 0.3) is 5.91 Å². The molecule has 1 N–H and O–H groups in total. The molecule has 9 nitrogen and oxygen atoms in total. The van der Waals surface area contributed by atoms with E-state index in [1.807, 2.05) is 41.1 Å². The van der Waals surface area contributed by atoms with Gasteiger partial charge < -0.3 is 9.88 Å². The molecule has 172 valence electrons. The summed E-state index contributed by atoms with van der Waals surface area (Å²) in [6, 6.07) is 7.61. The standard InChI is InChI=1S/C23H28N8OS/c1-16(2)31-15-25-28-22(31)19-6-5-7-21(26-19)27-23(32)20-12-18-14-30(11-8-17(18)13-24-20)33-29-9-3-4-10-29/h5-7,12-13,15-16H,3-4,8-11,14H2,1-2H3,(H,26,27,32). The molecule has 0 spiro atoms. The van der Waals surface area contributed by atoms with Gasteiger partial charge in [-0.3, -0.25) is 9.78 Å². The zero-order chi connectivity index (χ0) is 22.8. The van der Waals surface area contributed by atoms with Crippen LogP contribution in [0.2, 0.25) is 0 Å². The molecule has 2 aliphatic heterocycles. The van der Waals surface area contributed by atoms with Gasteiger partial charge in [0.15, 0.2) is 5.82 Å². The van der Waals surface area contributed by atoms with Gasteiger partial charge in [0.2, 0.25) is 0 Å². The van der Waals surface area contributed by atoms with Gasteiger partial charge in [-0.15, -0.1) is 10.2 Å². The Hall–Kier alpha value is -2.82. The summed E-state index contributed by atoms with van der Waals surface area (Å²) in [6.07, 6.45) is 7.03. The molecule has 2 aliphatic rings. The molecule has 0 aliphatic carbocycles. The number of pyridine rings is 2. The zero-order valence-electron chi connectivity index (χ0n) is 18.9. The number of nitrogens with zero attached hydrogens (tertiary/aromatic N) is 7. The Bertz CT molecular complexity index is 1140. The highest BCUT2D eigenvalue weighted by atomic mass is 32.2. The van der Waals surface area contributed by atoms with Crippen LogP contribution in [0.3, 0.4) is 0 Å². The van der Waals surface area contributed by atoms with Crippen LogP contribution in [0, 0.1) is 0 Å². The number of nitrogens with one attached hydrogen (secondary N) is 1. The molecule has 1 fully saturated rings. The minimum absolute atomic E-state index is 0.206. The summed E-state index contributed by atoms with van der Waals surface area (Å²) in [5, 5.41) is 11.1. The molecule has 1 amide bonds. The van der Waals surface area contributed by atoms with Gasteiger partial charge in [-0.2, -0.15) is 0 Å². The number of hydrogen-bond acceptors (Lipinski definition) is 8. The average Bonchev–Trinajstić information content (AvgIpc) is 3.51. The number of rotatable bonds is 6. The van der Waals surface area contributed by atoms with Gasteiger partial charge in [0, 0.05) is 50.6 Å². The number of hydrogen-bond donors (Lipinski definition) is 1. The van der Waals surface area contributed by atoms with E-state index in [1.165, 1.54) is 24.0 Å². The second-order valence-corrected chi connectivity index (χ2v) is 9.88. The Balaban J connectivity index is 1.29. The fourth-order valence-corrected chi connectivity index (χ4v) is 5.27. The SMILES string of the molecule is CC(C)n1cnnc1-c1cccc(NC(=O)c2cc3c(cn2)CCN(SN2CCCC2)C3)n1. The van der Waals surface area contributed by atoms with Crippen molar-refractivity contribution >= 4 is 23.9 Å². The number of anilines is 1. The van der Waals surface area contributed by atoms with E-state index in [0.29, 0.717) is 23.0 Å². The number of carbonyl (C=O) groups is 1. The van der Waals surface area contributed by atoms with Crippen molar-refractivity contribution in [3.8, 4) is 11.5 Å². The maximum atomic E-state index is 13.0. The van der Waals surface area contributed by atoms with Crippen molar-refractivity contribution in [3.05, 3.63) is 53.6 Å². The number of aromatic nitrogens is 5. The molecular formula is C23H28N8OS. The first-order valence-electron chi connectivity index (χ1n) is 11.4. The van der Waals surface area contributed by atoms with Crippen molar-refractivity contribution in [2.24, 2.45) is 0 Å². The topological polar surface area (TPSA) is 92.1 Å². The van der Waals surface area contributed by atoms with Gasteiger partial charge in [-0.05, 0) is 62.4 Å². The Labute approximate surface area is 197 Å². The molecule has 33 heavy (non-hydrogen) atoms. The van der Waals surface area contributed by atoms with Gasteiger partial charge in [0.05, 0.1) is 0 Å². The Morgan fingerprint density at radius 2 is 1.97 bits per heavy atom. The molecule has 0 aromatic carbocycles. The Morgan fingerprint density at radius 1 is 1.12 bits per heavy atom. The third kappa shape index (κ3) is 4.92. The third-order valence-corrected chi connectivity index (χ3v) is 7.08. The van der Waals surface area contributed by atoms with E-state index < -0.39 is 0 Å². The first-order chi connectivity index (χ1) is 16.1. The van der Waals surface area contributed by atoms with Crippen molar-refractivity contribution in [1.82, 2.24) is 33.3 Å². The smallest absolute Gasteiger partial charge is 0.275 e.